The number of rotatable bonds is 21. The zero-order chi connectivity index (χ0) is 27.5. The number of carboxylic acids is 2. The third-order valence-corrected chi connectivity index (χ3v) is 9.71. The summed E-state index contributed by atoms with van der Waals surface area (Å²) in [6.07, 6.45) is 2.26. The molecule has 0 aliphatic carbocycles. The molecule has 0 rings (SSSR count). The van der Waals surface area contributed by atoms with Crippen molar-refractivity contribution in [2.24, 2.45) is 5.90 Å². The molecule has 12 nitrogen and oxygen atoms in total. The maximum atomic E-state index is 11.7. The molecule has 0 heterocycles. The number of nitrogens with two attached hydrogens (primary N) is 1. The van der Waals surface area contributed by atoms with Gasteiger partial charge < -0.3 is 25.6 Å². The molecule has 0 aliphatic rings. The lowest BCUT2D eigenvalue weighted by atomic mass is 10.1. The summed E-state index contributed by atoms with van der Waals surface area (Å²) in [5.74, 6) is 2.63. The highest BCUT2D eigenvalue weighted by atomic mass is 33.1. The van der Waals surface area contributed by atoms with E-state index in [0.717, 1.165) is 19.3 Å². The van der Waals surface area contributed by atoms with Gasteiger partial charge in [0.25, 0.3) is 0 Å². The second-order valence-corrected chi connectivity index (χ2v) is 12.9. The molecule has 0 radical (unpaired) electrons. The summed E-state index contributed by atoms with van der Waals surface area (Å²) in [4.78, 5) is 61.0. The molecule has 0 saturated carbocycles. The first kappa shape index (κ1) is 34.7. The van der Waals surface area contributed by atoms with Crippen LogP contribution >= 0.6 is 43.2 Å². The fourth-order valence-corrected chi connectivity index (χ4v) is 7.91. The molecule has 16 heteroatoms. The van der Waals surface area contributed by atoms with Crippen molar-refractivity contribution in [1.29, 1.82) is 0 Å². The SMILES string of the molecule is CC(=O)NC(CSSCCC(CCCCC(=O)OC(C)ON)SSCC(NC(C)=O)C(=O)O)C(=O)O. The van der Waals surface area contributed by atoms with E-state index < -0.39 is 48.1 Å². The maximum Gasteiger partial charge on any atom is 0.327 e. The molecule has 4 unspecified atom stereocenters. The molecule has 0 aromatic rings. The van der Waals surface area contributed by atoms with E-state index in [1.165, 1.54) is 63.9 Å². The van der Waals surface area contributed by atoms with E-state index in [2.05, 4.69) is 15.5 Å². The van der Waals surface area contributed by atoms with Crippen LogP contribution in [0.4, 0.5) is 0 Å². The normalized spacial score (nSPS) is 14.2. The fraction of sp³-hybridized carbons (Fsp3) is 0.750. The molecule has 0 aromatic carbocycles. The van der Waals surface area contributed by atoms with Gasteiger partial charge in [-0.15, -0.1) is 0 Å². The smallest absolute Gasteiger partial charge is 0.327 e. The van der Waals surface area contributed by atoms with E-state index in [-0.39, 0.29) is 23.2 Å². The van der Waals surface area contributed by atoms with Crippen LogP contribution in [-0.2, 0) is 33.5 Å². The number of carboxylic acid groups (broad SMARTS) is 2. The largest absolute Gasteiger partial charge is 0.480 e. The van der Waals surface area contributed by atoms with Crippen molar-refractivity contribution in [3.63, 3.8) is 0 Å². The van der Waals surface area contributed by atoms with Gasteiger partial charge in [-0.25, -0.2) is 15.5 Å². The molecule has 36 heavy (non-hydrogen) atoms. The number of ether oxygens (including phenoxy) is 1. The quantitative estimate of drug-likeness (QED) is 0.0429. The van der Waals surface area contributed by atoms with Gasteiger partial charge >= 0.3 is 17.9 Å². The Kier molecular flexibility index (Phi) is 19.9. The summed E-state index contributed by atoms with van der Waals surface area (Å²) in [5, 5.41) is 23.4. The van der Waals surface area contributed by atoms with Crippen LogP contribution in [0.3, 0.4) is 0 Å². The Labute approximate surface area is 226 Å². The van der Waals surface area contributed by atoms with E-state index in [4.69, 9.17) is 15.7 Å². The van der Waals surface area contributed by atoms with E-state index in [1.54, 1.807) is 0 Å². The molecule has 4 atom stereocenters. The van der Waals surface area contributed by atoms with Gasteiger partial charge in [0.2, 0.25) is 18.1 Å². The first-order valence-corrected chi connectivity index (χ1v) is 15.9. The van der Waals surface area contributed by atoms with Gasteiger partial charge in [0.1, 0.15) is 12.1 Å². The number of carbonyl (C=O) groups excluding carboxylic acids is 3. The Balaban J connectivity index is 4.64. The number of hydrogen-bond acceptors (Lipinski definition) is 12. The van der Waals surface area contributed by atoms with Gasteiger partial charge in [0.15, 0.2) is 0 Å². The Morgan fingerprint density at radius 3 is 1.92 bits per heavy atom. The van der Waals surface area contributed by atoms with Gasteiger partial charge in [-0.1, -0.05) is 49.6 Å². The third-order valence-electron chi connectivity index (χ3n) is 4.28. The van der Waals surface area contributed by atoms with Crippen LogP contribution in [0.1, 0.15) is 52.9 Å². The highest BCUT2D eigenvalue weighted by Gasteiger charge is 2.21. The topological polar surface area (TPSA) is 194 Å². The maximum absolute atomic E-state index is 11.7. The number of hydrogen-bond donors (Lipinski definition) is 5. The number of esters is 1. The zero-order valence-corrected chi connectivity index (χ0v) is 23.7. The molecule has 0 aliphatic heterocycles. The third kappa shape index (κ3) is 18.9. The molecule has 0 saturated heterocycles. The second kappa shape index (κ2) is 20.7. The highest BCUT2D eigenvalue weighted by Crippen LogP contribution is 2.35. The van der Waals surface area contributed by atoms with Crippen molar-refractivity contribution in [2.75, 3.05) is 17.3 Å². The number of aliphatic carboxylic acids is 2. The van der Waals surface area contributed by atoms with Crippen molar-refractivity contribution >= 4 is 72.9 Å². The summed E-state index contributed by atoms with van der Waals surface area (Å²) in [6.45, 7) is 4.04. The van der Waals surface area contributed by atoms with Crippen molar-refractivity contribution in [1.82, 2.24) is 10.6 Å². The predicted octanol–water partition coefficient (Wildman–Crippen LogP) is 2.03. The molecule has 0 fully saturated rings. The van der Waals surface area contributed by atoms with Crippen LogP contribution in [0.2, 0.25) is 0 Å². The van der Waals surface area contributed by atoms with Crippen LogP contribution in [-0.4, -0.2) is 80.8 Å². The molecule has 2 amide bonds. The minimum atomic E-state index is -1.11. The Hall–Kier alpha value is -1.33. The van der Waals surface area contributed by atoms with Gasteiger partial charge in [-0.05, 0) is 26.2 Å². The van der Waals surface area contributed by atoms with E-state index in [9.17, 15) is 29.1 Å². The van der Waals surface area contributed by atoms with E-state index >= 15 is 0 Å². The van der Waals surface area contributed by atoms with Crippen molar-refractivity contribution in [3.05, 3.63) is 0 Å². The van der Waals surface area contributed by atoms with E-state index in [1.807, 2.05) is 0 Å². The van der Waals surface area contributed by atoms with Gasteiger partial charge in [-0.3, -0.25) is 19.2 Å². The van der Waals surface area contributed by atoms with Crippen LogP contribution in [0.25, 0.3) is 0 Å². The molecule has 0 spiro atoms. The Morgan fingerprint density at radius 1 is 0.861 bits per heavy atom. The monoisotopic (exact) mass is 589 g/mol. The molecule has 0 bridgehead atoms. The van der Waals surface area contributed by atoms with Gasteiger partial charge in [0, 0.05) is 42.8 Å². The summed E-state index contributed by atoms with van der Waals surface area (Å²) in [6, 6.07) is -1.96. The first-order valence-electron chi connectivity index (χ1n) is 11.0. The molecular weight excluding hydrogens is 555 g/mol. The average Bonchev–Trinajstić information content (AvgIpc) is 2.78. The summed E-state index contributed by atoms with van der Waals surface area (Å²) < 4.78 is 4.94. The van der Waals surface area contributed by atoms with Crippen molar-refractivity contribution in [2.45, 2.75) is 76.5 Å². The number of carbonyl (C=O) groups is 5. The van der Waals surface area contributed by atoms with Crippen LogP contribution in [0.5, 0.6) is 0 Å². The minimum Gasteiger partial charge on any atom is -0.480 e. The lowest BCUT2D eigenvalue weighted by molar-refractivity contribution is -0.175. The second-order valence-electron chi connectivity index (χ2n) is 7.52. The first-order chi connectivity index (χ1) is 17.0. The Morgan fingerprint density at radius 2 is 1.42 bits per heavy atom. The van der Waals surface area contributed by atoms with Crippen LogP contribution in [0.15, 0.2) is 0 Å². The van der Waals surface area contributed by atoms with Gasteiger partial charge in [0.05, 0.1) is 0 Å². The Bertz CT molecular complexity index is 718. The number of amides is 2. The average molecular weight is 590 g/mol. The molecule has 0 aromatic heterocycles. The summed E-state index contributed by atoms with van der Waals surface area (Å²) in [7, 11) is 5.71. The van der Waals surface area contributed by atoms with E-state index in [0.29, 0.717) is 12.2 Å². The number of unbranched alkanes of at least 4 members (excludes halogenated alkanes) is 1. The van der Waals surface area contributed by atoms with Crippen molar-refractivity contribution in [3.8, 4) is 0 Å². The van der Waals surface area contributed by atoms with Crippen molar-refractivity contribution < 1.29 is 43.8 Å². The fourth-order valence-electron chi connectivity index (χ4n) is 2.55. The minimum absolute atomic E-state index is 0.141. The number of nitrogens with one attached hydrogen (secondary N) is 2. The lowest BCUT2D eigenvalue weighted by Gasteiger charge is -2.18. The highest BCUT2D eigenvalue weighted by molar-refractivity contribution is 8.77. The van der Waals surface area contributed by atoms with Gasteiger partial charge in [-0.2, -0.15) is 0 Å². The predicted molar refractivity (Wildman–Crippen MR) is 143 cm³/mol. The van der Waals surface area contributed by atoms with Crippen LogP contribution in [0, 0.1) is 0 Å². The molecule has 6 N–H and O–H groups in total. The summed E-state index contributed by atoms with van der Waals surface area (Å²) >= 11 is 0. The standard InChI is InChI=1S/C20H35N3O9S4/c1-12(24)22-16(19(27)28)10-34-33-9-8-15(6-4-5-7-18(26)31-14(3)32-21)36-35-11-17(20(29)30)23-13(2)25/h14-17H,4-11,21H2,1-3H3,(H,22,24)(H,23,25)(H,27,28)(H,29,30). The summed E-state index contributed by atoms with van der Waals surface area (Å²) in [5.41, 5.74) is 0. The zero-order valence-electron chi connectivity index (χ0n) is 20.4. The lowest BCUT2D eigenvalue weighted by Crippen LogP contribution is -2.41. The van der Waals surface area contributed by atoms with Crippen LogP contribution < -0.4 is 16.5 Å². The molecule has 208 valence electrons. The molecular formula is C20H35N3O9S4.